The van der Waals surface area contributed by atoms with Gasteiger partial charge in [0.15, 0.2) is 0 Å². The number of hydrogen-bond donors (Lipinski definition) is 0. The van der Waals surface area contributed by atoms with Crippen LogP contribution in [0.1, 0.15) is 0 Å². The van der Waals surface area contributed by atoms with Crippen LogP contribution >= 0.6 is 0 Å². The first-order valence-electron chi connectivity index (χ1n) is 15.8. The number of nitrogens with zero attached hydrogens (tertiary/aromatic N) is 1. The number of fused-ring (bicyclic) bond motifs is 8. The Balaban J connectivity index is 1.23. The van der Waals surface area contributed by atoms with Crippen LogP contribution in [0.4, 0.5) is 0 Å². The van der Waals surface area contributed by atoms with Gasteiger partial charge in [-0.25, -0.2) is 0 Å². The summed E-state index contributed by atoms with van der Waals surface area (Å²) in [6.07, 6.45) is 0. The molecule has 0 N–H and O–H groups in total. The van der Waals surface area contributed by atoms with Gasteiger partial charge in [-0.1, -0.05) is 146 Å². The minimum Gasteiger partial charge on any atom is -0.455 e. The maximum atomic E-state index is 6.38. The molecule has 2 nitrogen and oxygen atoms in total. The zero-order chi connectivity index (χ0) is 30.2. The smallest absolute Gasteiger partial charge is 0.143 e. The van der Waals surface area contributed by atoms with Crippen molar-refractivity contribution in [3.05, 3.63) is 164 Å². The van der Waals surface area contributed by atoms with Crippen LogP contribution < -0.4 is 0 Å². The summed E-state index contributed by atoms with van der Waals surface area (Å²) in [4.78, 5) is 0. The Morgan fingerprint density at radius 3 is 1.46 bits per heavy atom. The number of benzene rings is 8. The summed E-state index contributed by atoms with van der Waals surface area (Å²) in [5.41, 5.74) is 10.2. The standard InChI is InChI=1S/C44H27NO/c1-3-17-36-34(15-1)42(29-26-24-28(25-27-29)30-19-11-20-38-33-14-7-10-23-41(33)46-44(30)38)35-16-2-4-18-37(35)43(36)45-39-21-8-5-12-31(39)32-13-6-9-22-40(32)45/h1-27H. The molecule has 0 spiro atoms. The SMILES string of the molecule is c1ccc2c(c1)oc1c(-c3ccc(-c4c5ccccc5c(-n5c6ccccc6c6ccccc65)c5ccccc45)cc3)cccc12. The van der Waals surface area contributed by atoms with Crippen LogP contribution in [0.5, 0.6) is 0 Å². The van der Waals surface area contributed by atoms with E-state index in [1.165, 1.54) is 60.2 Å². The molecule has 10 aromatic rings. The molecule has 0 aliphatic carbocycles. The molecular formula is C44H27NO. The zero-order valence-corrected chi connectivity index (χ0v) is 24.9. The van der Waals surface area contributed by atoms with Crippen molar-refractivity contribution in [3.8, 4) is 27.9 Å². The van der Waals surface area contributed by atoms with Crippen LogP contribution in [0.2, 0.25) is 0 Å². The fraction of sp³-hybridized carbons (Fsp3) is 0. The van der Waals surface area contributed by atoms with E-state index in [1.54, 1.807) is 0 Å². The van der Waals surface area contributed by atoms with E-state index in [0.717, 1.165) is 33.1 Å². The van der Waals surface area contributed by atoms with Gasteiger partial charge in [-0.05, 0) is 45.7 Å². The molecule has 8 aromatic carbocycles. The van der Waals surface area contributed by atoms with Gasteiger partial charge in [-0.2, -0.15) is 0 Å². The normalized spacial score (nSPS) is 11.9. The Morgan fingerprint density at radius 1 is 0.348 bits per heavy atom. The highest BCUT2D eigenvalue weighted by Crippen LogP contribution is 2.44. The lowest BCUT2D eigenvalue weighted by Gasteiger charge is -2.19. The predicted molar refractivity (Wildman–Crippen MR) is 194 cm³/mol. The molecular weight excluding hydrogens is 558 g/mol. The van der Waals surface area contributed by atoms with Gasteiger partial charge in [0, 0.05) is 37.9 Å². The Morgan fingerprint density at radius 2 is 0.826 bits per heavy atom. The highest BCUT2D eigenvalue weighted by molar-refractivity contribution is 6.21. The summed E-state index contributed by atoms with van der Waals surface area (Å²) < 4.78 is 8.84. The third-order valence-corrected chi connectivity index (χ3v) is 9.60. The van der Waals surface area contributed by atoms with Crippen molar-refractivity contribution in [2.75, 3.05) is 0 Å². The predicted octanol–water partition coefficient (Wildman–Crippen LogP) is 12.3. The molecule has 214 valence electrons. The van der Waals surface area contributed by atoms with Crippen molar-refractivity contribution < 1.29 is 4.42 Å². The van der Waals surface area contributed by atoms with Gasteiger partial charge in [0.25, 0.3) is 0 Å². The van der Waals surface area contributed by atoms with Crippen LogP contribution in [0.25, 0.3) is 93.2 Å². The largest absolute Gasteiger partial charge is 0.455 e. The highest BCUT2D eigenvalue weighted by Gasteiger charge is 2.20. The molecule has 10 rings (SSSR count). The molecule has 46 heavy (non-hydrogen) atoms. The minimum atomic E-state index is 0.919. The fourth-order valence-electron chi connectivity index (χ4n) is 7.61. The van der Waals surface area contributed by atoms with E-state index in [0.29, 0.717) is 0 Å². The van der Waals surface area contributed by atoms with Crippen molar-refractivity contribution in [1.29, 1.82) is 0 Å². The molecule has 0 aliphatic rings. The number of furan rings is 1. The molecule has 0 saturated heterocycles. The summed E-state index contributed by atoms with van der Waals surface area (Å²) in [7, 11) is 0. The molecule has 2 aromatic heterocycles. The summed E-state index contributed by atoms with van der Waals surface area (Å²) in [5, 5.41) is 9.79. The molecule has 0 fully saturated rings. The lowest BCUT2D eigenvalue weighted by atomic mass is 9.89. The van der Waals surface area contributed by atoms with E-state index in [4.69, 9.17) is 4.42 Å². The van der Waals surface area contributed by atoms with Crippen LogP contribution in [0.3, 0.4) is 0 Å². The van der Waals surface area contributed by atoms with Crippen molar-refractivity contribution in [2.45, 2.75) is 0 Å². The first-order chi connectivity index (χ1) is 22.8. The Labute approximate surface area is 265 Å². The second-order valence-electron chi connectivity index (χ2n) is 12.0. The van der Waals surface area contributed by atoms with E-state index in [-0.39, 0.29) is 0 Å². The molecule has 0 bridgehead atoms. The molecule has 2 heteroatoms. The van der Waals surface area contributed by atoms with Gasteiger partial charge in [0.05, 0.1) is 16.7 Å². The summed E-state index contributed by atoms with van der Waals surface area (Å²) >= 11 is 0. The molecule has 0 saturated carbocycles. The second kappa shape index (κ2) is 9.69. The minimum absolute atomic E-state index is 0.919. The van der Waals surface area contributed by atoms with Gasteiger partial charge in [-0.3, -0.25) is 0 Å². The number of aromatic nitrogens is 1. The highest BCUT2D eigenvalue weighted by atomic mass is 16.3. The molecule has 0 unspecified atom stereocenters. The lowest BCUT2D eigenvalue weighted by molar-refractivity contribution is 0.670. The van der Waals surface area contributed by atoms with Crippen molar-refractivity contribution in [1.82, 2.24) is 4.57 Å². The first-order valence-corrected chi connectivity index (χ1v) is 15.8. The summed E-state index contributed by atoms with van der Waals surface area (Å²) in [6, 6.07) is 59.0. The Hall–Kier alpha value is -6.12. The third-order valence-electron chi connectivity index (χ3n) is 9.60. The average molecular weight is 586 g/mol. The third kappa shape index (κ3) is 3.53. The Kier molecular flexibility index (Phi) is 5.31. The summed E-state index contributed by atoms with van der Waals surface area (Å²) in [5.74, 6) is 0. The monoisotopic (exact) mass is 585 g/mol. The quantitative estimate of drug-likeness (QED) is 0.189. The van der Waals surface area contributed by atoms with Gasteiger partial charge >= 0.3 is 0 Å². The van der Waals surface area contributed by atoms with Gasteiger partial charge in [0.2, 0.25) is 0 Å². The van der Waals surface area contributed by atoms with E-state index in [9.17, 15) is 0 Å². The molecule has 0 amide bonds. The number of para-hydroxylation sites is 4. The van der Waals surface area contributed by atoms with Crippen LogP contribution in [0.15, 0.2) is 168 Å². The van der Waals surface area contributed by atoms with E-state index < -0.39 is 0 Å². The lowest BCUT2D eigenvalue weighted by Crippen LogP contribution is -1.99. The van der Waals surface area contributed by atoms with Crippen LogP contribution in [-0.4, -0.2) is 4.57 Å². The maximum absolute atomic E-state index is 6.38. The van der Waals surface area contributed by atoms with Gasteiger partial charge in [0.1, 0.15) is 11.2 Å². The number of hydrogen-bond acceptors (Lipinski definition) is 1. The topological polar surface area (TPSA) is 18.1 Å². The van der Waals surface area contributed by atoms with E-state index in [1.807, 2.05) is 12.1 Å². The van der Waals surface area contributed by atoms with E-state index in [2.05, 4.69) is 156 Å². The van der Waals surface area contributed by atoms with Gasteiger partial charge < -0.3 is 8.98 Å². The molecule has 0 atom stereocenters. The first kappa shape index (κ1) is 25.2. The number of rotatable bonds is 3. The zero-order valence-electron chi connectivity index (χ0n) is 24.9. The maximum Gasteiger partial charge on any atom is 0.143 e. The van der Waals surface area contributed by atoms with Crippen LogP contribution in [-0.2, 0) is 0 Å². The van der Waals surface area contributed by atoms with Crippen molar-refractivity contribution >= 4 is 65.3 Å². The average Bonchev–Trinajstić information content (AvgIpc) is 3.67. The molecule has 2 heterocycles. The fourth-order valence-corrected chi connectivity index (χ4v) is 7.61. The summed E-state index contributed by atoms with van der Waals surface area (Å²) in [6.45, 7) is 0. The van der Waals surface area contributed by atoms with Gasteiger partial charge in [-0.15, -0.1) is 0 Å². The molecule has 0 radical (unpaired) electrons. The van der Waals surface area contributed by atoms with Crippen molar-refractivity contribution in [2.24, 2.45) is 0 Å². The van der Waals surface area contributed by atoms with E-state index >= 15 is 0 Å². The molecule has 0 aliphatic heterocycles. The van der Waals surface area contributed by atoms with Crippen LogP contribution in [0, 0.1) is 0 Å². The second-order valence-corrected chi connectivity index (χ2v) is 12.0. The Bertz CT molecular complexity index is 2690. The van der Waals surface area contributed by atoms with Crippen molar-refractivity contribution in [3.63, 3.8) is 0 Å².